The molecule has 0 aromatic carbocycles. The molecule has 0 aliphatic heterocycles. The molecule has 1 atom stereocenters. The number of carbonyl (C=O) groups is 3. The molecule has 0 heterocycles. The third-order valence-electron chi connectivity index (χ3n) is 4.01. The van der Waals surface area contributed by atoms with E-state index < -0.39 is 22.8 Å². The van der Waals surface area contributed by atoms with Crippen LogP contribution in [-0.2, 0) is 23.9 Å². The van der Waals surface area contributed by atoms with Crippen LogP contribution >= 0.6 is 0 Å². The normalized spacial score (nSPS) is 28.6. The van der Waals surface area contributed by atoms with Crippen molar-refractivity contribution in [3.63, 3.8) is 0 Å². The van der Waals surface area contributed by atoms with E-state index in [0.29, 0.717) is 6.42 Å². The van der Waals surface area contributed by atoms with Crippen LogP contribution in [-0.4, -0.2) is 31.9 Å². The highest BCUT2D eigenvalue weighted by molar-refractivity contribution is 6.03. The summed E-state index contributed by atoms with van der Waals surface area (Å²) in [7, 11) is 2.51. The number of rotatable bonds is 2. The first kappa shape index (κ1) is 12.8. The summed E-state index contributed by atoms with van der Waals surface area (Å²) in [6, 6.07) is 0. The lowest BCUT2D eigenvalue weighted by Crippen LogP contribution is -2.40. The molecule has 18 heavy (non-hydrogen) atoms. The fraction of sp³-hybridized carbons (Fsp3) is 0.615. The van der Waals surface area contributed by atoms with Crippen LogP contribution in [0.2, 0.25) is 0 Å². The van der Waals surface area contributed by atoms with Crippen LogP contribution in [0.1, 0.15) is 26.2 Å². The third-order valence-corrected chi connectivity index (χ3v) is 4.01. The highest BCUT2D eigenvalue weighted by atomic mass is 16.5. The minimum absolute atomic E-state index is 0.0517. The number of methoxy groups -OCH3 is 2. The fourth-order valence-electron chi connectivity index (χ4n) is 3.17. The van der Waals surface area contributed by atoms with Gasteiger partial charge in [0, 0.05) is 6.42 Å². The molecule has 0 bridgehead atoms. The van der Waals surface area contributed by atoms with Crippen molar-refractivity contribution in [3.05, 3.63) is 11.6 Å². The van der Waals surface area contributed by atoms with E-state index >= 15 is 0 Å². The molecule has 2 aliphatic carbocycles. The average Bonchev–Trinajstić information content (AvgIpc) is 2.75. The number of hydrogen-bond donors (Lipinski definition) is 0. The predicted molar refractivity (Wildman–Crippen MR) is 61.5 cm³/mol. The minimum Gasteiger partial charge on any atom is -0.468 e. The van der Waals surface area contributed by atoms with Crippen LogP contribution < -0.4 is 0 Å². The first-order valence-corrected chi connectivity index (χ1v) is 5.79. The summed E-state index contributed by atoms with van der Waals surface area (Å²) in [4.78, 5) is 35.4. The van der Waals surface area contributed by atoms with Gasteiger partial charge in [0.15, 0.2) is 11.2 Å². The molecule has 1 unspecified atom stereocenters. The summed E-state index contributed by atoms with van der Waals surface area (Å²) in [5, 5.41) is 0. The molecule has 2 rings (SSSR count). The fourth-order valence-corrected chi connectivity index (χ4v) is 3.17. The van der Waals surface area contributed by atoms with Gasteiger partial charge in [-0.3, -0.25) is 14.4 Å². The molecule has 0 aromatic heterocycles. The Balaban J connectivity index is 2.43. The summed E-state index contributed by atoms with van der Waals surface area (Å²) >= 11 is 0. The van der Waals surface area contributed by atoms with Gasteiger partial charge < -0.3 is 9.47 Å². The molecule has 5 nitrogen and oxygen atoms in total. The van der Waals surface area contributed by atoms with Crippen LogP contribution in [0, 0.1) is 10.8 Å². The van der Waals surface area contributed by atoms with Crippen LogP contribution in [0.15, 0.2) is 11.6 Å². The zero-order valence-electron chi connectivity index (χ0n) is 10.7. The Morgan fingerprint density at radius 1 is 1.17 bits per heavy atom. The lowest BCUT2D eigenvalue weighted by Gasteiger charge is -2.25. The van der Waals surface area contributed by atoms with E-state index in [1.807, 2.05) is 6.92 Å². The third kappa shape index (κ3) is 1.57. The molecule has 1 fully saturated rings. The lowest BCUT2D eigenvalue weighted by molar-refractivity contribution is -0.169. The van der Waals surface area contributed by atoms with Gasteiger partial charge in [0.1, 0.15) is 0 Å². The van der Waals surface area contributed by atoms with Gasteiger partial charge in [0.05, 0.1) is 14.2 Å². The molecule has 0 N–H and O–H groups in total. The number of allylic oxidation sites excluding steroid dienone is 2. The van der Waals surface area contributed by atoms with Gasteiger partial charge in [-0.05, 0) is 24.3 Å². The highest BCUT2D eigenvalue weighted by Crippen LogP contribution is 2.58. The summed E-state index contributed by atoms with van der Waals surface area (Å²) in [6.07, 6.45) is 2.39. The highest BCUT2D eigenvalue weighted by Gasteiger charge is 2.61. The second-order valence-corrected chi connectivity index (χ2v) is 5.29. The van der Waals surface area contributed by atoms with Gasteiger partial charge in [-0.15, -0.1) is 0 Å². The predicted octanol–water partition coefficient (Wildman–Crippen LogP) is 1.02. The maximum absolute atomic E-state index is 12.0. The second kappa shape index (κ2) is 3.93. The Morgan fingerprint density at radius 2 is 1.72 bits per heavy atom. The number of hydrogen-bond acceptors (Lipinski definition) is 5. The van der Waals surface area contributed by atoms with E-state index in [2.05, 4.69) is 0 Å². The van der Waals surface area contributed by atoms with Crippen LogP contribution in [0.25, 0.3) is 0 Å². The van der Waals surface area contributed by atoms with Crippen LogP contribution in [0.4, 0.5) is 0 Å². The van der Waals surface area contributed by atoms with Crippen molar-refractivity contribution in [1.29, 1.82) is 0 Å². The lowest BCUT2D eigenvalue weighted by atomic mass is 9.79. The number of esters is 2. The van der Waals surface area contributed by atoms with Gasteiger partial charge >= 0.3 is 11.9 Å². The maximum Gasteiger partial charge on any atom is 0.323 e. The van der Waals surface area contributed by atoms with E-state index in [1.54, 1.807) is 6.08 Å². The topological polar surface area (TPSA) is 69.7 Å². The molecule has 0 aromatic rings. The molecule has 1 saturated carbocycles. The van der Waals surface area contributed by atoms with Crippen molar-refractivity contribution in [2.45, 2.75) is 26.2 Å². The number of fused-ring (bicyclic) bond motifs is 1. The van der Waals surface area contributed by atoms with Crippen molar-refractivity contribution >= 4 is 17.7 Å². The molecule has 0 radical (unpaired) electrons. The Kier molecular flexibility index (Phi) is 2.80. The molecule has 0 spiro atoms. The Morgan fingerprint density at radius 3 is 2.17 bits per heavy atom. The number of ether oxygens (including phenoxy) is 2. The number of ketones is 1. The van der Waals surface area contributed by atoms with Crippen molar-refractivity contribution in [2.24, 2.45) is 10.8 Å². The van der Waals surface area contributed by atoms with E-state index in [1.165, 1.54) is 14.2 Å². The largest absolute Gasteiger partial charge is 0.468 e. The smallest absolute Gasteiger partial charge is 0.323 e. The molecular weight excluding hydrogens is 236 g/mol. The second-order valence-electron chi connectivity index (χ2n) is 5.29. The summed E-state index contributed by atoms with van der Waals surface area (Å²) in [5.41, 5.74) is -0.854. The van der Waals surface area contributed by atoms with Gasteiger partial charge in [0.2, 0.25) is 0 Å². The Bertz CT molecular complexity index is 446. The quantitative estimate of drug-likeness (QED) is 0.542. The van der Waals surface area contributed by atoms with Gasteiger partial charge in [0.25, 0.3) is 0 Å². The SMILES string of the molecule is COC(=O)C1(C(=O)OC)CC2=CC(=O)CC2(C)C1. The molecule has 2 aliphatic rings. The minimum atomic E-state index is -1.29. The van der Waals surface area contributed by atoms with E-state index in [9.17, 15) is 14.4 Å². The standard InChI is InChI=1S/C13H16O5/c1-12-6-9(14)4-8(12)5-13(7-12,10(15)17-2)11(16)18-3/h4H,5-7H2,1-3H3. The van der Waals surface area contributed by atoms with E-state index in [4.69, 9.17) is 9.47 Å². The van der Waals surface area contributed by atoms with Crippen molar-refractivity contribution < 1.29 is 23.9 Å². The summed E-state index contributed by atoms with van der Waals surface area (Å²) < 4.78 is 9.49. The molecule has 0 saturated heterocycles. The van der Waals surface area contributed by atoms with Gasteiger partial charge in [-0.1, -0.05) is 12.5 Å². The average molecular weight is 252 g/mol. The molecular formula is C13H16O5. The molecule has 98 valence electrons. The van der Waals surface area contributed by atoms with Gasteiger partial charge in [-0.2, -0.15) is 0 Å². The monoisotopic (exact) mass is 252 g/mol. The molecule has 5 heteroatoms. The summed E-state index contributed by atoms with van der Waals surface area (Å²) in [5.74, 6) is -1.12. The first-order valence-electron chi connectivity index (χ1n) is 5.79. The van der Waals surface area contributed by atoms with Crippen molar-refractivity contribution in [1.82, 2.24) is 0 Å². The van der Waals surface area contributed by atoms with Gasteiger partial charge in [-0.25, -0.2) is 0 Å². The van der Waals surface area contributed by atoms with Crippen molar-refractivity contribution in [3.8, 4) is 0 Å². The Hall–Kier alpha value is -1.65. The van der Waals surface area contributed by atoms with Crippen molar-refractivity contribution in [2.75, 3.05) is 14.2 Å². The van der Waals surface area contributed by atoms with Crippen LogP contribution in [0.3, 0.4) is 0 Å². The zero-order valence-corrected chi connectivity index (χ0v) is 10.7. The Labute approximate surface area is 105 Å². The van der Waals surface area contributed by atoms with E-state index in [-0.39, 0.29) is 18.6 Å². The maximum atomic E-state index is 12.0. The molecule has 0 amide bonds. The first-order chi connectivity index (χ1) is 8.38. The van der Waals surface area contributed by atoms with Crippen LogP contribution in [0.5, 0.6) is 0 Å². The van der Waals surface area contributed by atoms with E-state index in [0.717, 1.165) is 5.57 Å². The zero-order chi connectivity index (χ0) is 13.6. The summed E-state index contributed by atoms with van der Waals surface area (Å²) in [6.45, 7) is 1.90. The number of carbonyl (C=O) groups excluding carboxylic acids is 3.